The number of thioether (sulfide) groups is 1. The predicted molar refractivity (Wildman–Crippen MR) is 119 cm³/mol. The first-order chi connectivity index (χ1) is 14.5. The van der Waals surface area contributed by atoms with Crippen LogP contribution in [0.3, 0.4) is 0 Å². The summed E-state index contributed by atoms with van der Waals surface area (Å²) >= 11 is 9.13. The maximum atomic E-state index is 13.1. The lowest BCUT2D eigenvalue weighted by Gasteiger charge is -2.40. The lowest BCUT2D eigenvalue weighted by molar-refractivity contribution is -0.133. The van der Waals surface area contributed by atoms with Gasteiger partial charge in [0.1, 0.15) is 11.8 Å². The fourth-order valence-electron chi connectivity index (χ4n) is 3.50. The van der Waals surface area contributed by atoms with Gasteiger partial charge in [-0.2, -0.15) is 0 Å². The largest absolute Gasteiger partial charge is 0.350 e. The third kappa shape index (κ3) is 4.40. The van der Waals surface area contributed by atoms with Crippen LogP contribution in [0, 0.1) is 0 Å². The molecule has 2 atom stereocenters. The number of amides is 4. The molecule has 6 nitrogen and oxygen atoms in total. The van der Waals surface area contributed by atoms with Crippen LogP contribution in [0.5, 0.6) is 0 Å². The molecule has 2 aliphatic rings. The number of halogens is 1. The second-order valence-corrected chi connectivity index (χ2v) is 9.47. The smallest absolute Gasteiger partial charge is 0.327 e. The van der Waals surface area contributed by atoms with Gasteiger partial charge in [-0.3, -0.25) is 14.5 Å². The van der Waals surface area contributed by atoms with Crippen molar-refractivity contribution in [2.45, 2.75) is 24.3 Å². The average Bonchev–Trinajstić information content (AvgIpc) is 3.42. The molecule has 1 saturated heterocycles. The normalized spacial score (nSPS) is 20.6. The van der Waals surface area contributed by atoms with E-state index in [2.05, 4.69) is 5.32 Å². The second-order valence-electron chi connectivity index (χ2n) is 6.97. The molecule has 2 aliphatic heterocycles. The first-order valence-corrected chi connectivity index (χ1v) is 11.7. The Morgan fingerprint density at radius 3 is 2.77 bits per heavy atom. The second kappa shape index (κ2) is 9.24. The van der Waals surface area contributed by atoms with Gasteiger partial charge in [-0.1, -0.05) is 41.9 Å². The van der Waals surface area contributed by atoms with Crippen molar-refractivity contribution in [2.75, 3.05) is 13.1 Å². The van der Waals surface area contributed by atoms with Crippen molar-refractivity contribution in [1.82, 2.24) is 15.1 Å². The van der Waals surface area contributed by atoms with Crippen LogP contribution in [0.4, 0.5) is 4.79 Å². The number of benzene rings is 1. The van der Waals surface area contributed by atoms with Crippen molar-refractivity contribution in [3.8, 4) is 0 Å². The molecule has 2 aromatic rings. The minimum Gasteiger partial charge on any atom is -0.350 e. The number of nitrogens with zero attached hydrogens (tertiary/aromatic N) is 2. The van der Waals surface area contributed by atoms with Gasteiger partial charge in [-0.25, -0.2) is 4.79 Å². The van der Waals surface area contributed by atoms with E-state index in [0.29, 0.717) is 18.0 Å². The molecule has 4 rings (SSSR count). The summed E-state index contributed by atoms with van der Waals surface area (Å²) in [4.78, 5) is 42.4. The molecule has 1 N–H and O–H groups in total. The lowest BCUT2D eigenvalue weighted by atomic mass is 10.1. The first-order valence-electron chi connectivity index (χ1n) is 9.51. The Bertz CT molecular complexity index is 980. The SMILES string of the molecule is O=C(CN1C(=O)N(CCc2cccs2)C(=O)C2SC=CC21)NCc1ccccc1Cl. The molecule has 9 heteroatoms. The summed E-state index contributed by atoms with van der Waals surface area (Å²) in [5.74, 6) is -0.482. The van der Waals surface area contributed by atoms with Crippen LogP contribution < -0.4 is 5.32 Å². The van der Waals surface area contributed by atoms with E-state index < -0.39 is 17.3 Å². The Labute approximate surface area is 187 Å². The summed E-state index contributed by atoms with van der Waals surface area (Å²) in [5.41, 5.74) is 0.805. The Balaban J connectivity index is 1.43. The van der Waals surface area contributed by atoms with E-state index in [9.17, 15) is 14.4 Å². The summed E-state index contributed by atoms with van der Waals surface area (Å²) in [5, 5.41) is 6.79. The summed E-state index contributed by atoms with van der Waals surface area (Å²) in [6.45, 7) is 0.470. The number of imide groups is 1. The highest BCUT2D eigenvalue weighted by molar-refractivity contribution is 8.03. The lowest BCUT2D eigenvalue weighted by Crippen LogP contribution is -2.63. The Morgan fingerprint density at radius 2 is 2.00 bits per heavy atom. The zero-order valence-electron chi connectivity index (χ0n) is 16.0. The number of hydrogen-bond donors (Lipinski definition) is 1. The van der Waals surface area contributed by atoms with E-state index in [4.69, 9.17) is 11.6 Å². The molecule has 0 radical (unpaired) electrons. The van der Waals surface area contributed by atoms with Gasteiger partial charge in [0.05, 0.1) is 6.04 Å². The molecule has 0 aliphatic carbocycles. The van der Waals surface area contributed by atoms with Gasteiger partial charge in [0, 0.05) is 23.0 Å². The zero-order chi connectivity index (χ0) is 21.1. The van der Waals surface area contributed by atoms with Crippen LogP contribution >= 0.6 is 34.7 Å². The average molecular weight is 462 g/mol. The Kier molecular flexibility index (Phi) is 6.46. The number of fused-ring (bicyclic) bond motifs is 1. The van der Waals surface area contributed by atoms with Gasteiger partial charge < -0.3 is 10.2 Å². The summed E-state index contributed by atoms with van der Waals surface area (Å²) in [6, 6.07) is 10.4. The third-order valence-corrected chi connectivity index (χ3v) is 7.46. The summed E-state index contributed by atoms with van der Waals surface area (Å²) in [7, 11) is 0. The van der Waals surface area contributed by atoms with Gasteiger partial charge in [-0.05, 0) is 34.9 Å². The number of nitrogens with one attached hydrogen (secondary N) is 1. The van der Waals surface area contributed by atoms with Crippen LogP contribution in [0.2, 0.25) is 5.02 Å². The number of hydrogen-bond acceptors (Lipinski definition) is 5. The van der Waals surface area contributed by atoms with E-state index in [-0.39, 0.29) is 24.9 Å². The van der Waals surface area contributed by atoms with E-state index in [0.717, 1.165) is 10.4 Å². The zero-order valence-corrected chi connectivity index (χ0v) is 18.4. The van der Waals surface area contributed by atoms with Gasteiger partial charge >= 0.3 is 6.03 Å². The minimum atomic E-state index is -0.419. The molecular formula is C21H20ClN3O3S2. The van der Waals surface area contributed by atoms with Crippen LogP contribution in [0.15, 0.2) is 53.3 Å². The van der Waals surface area contributed by atoms with Crippen LogP contribution in [-0.2, 0) is 22.6 Å². The van der Waals surface area contributed by atoms with Crippen LogP contribution in [-0.4, -0.2) is 52.0 Å². The molecule has 1 aromatic carbocycles. The molecular weight excluding hydrogens is 442 g/mol. The van der Waals surface area contributed by atoms with Gasteiger partial charge in [0.25, 0.3) is 0 Å². The quantitative estimate of drug-likeness (QED) is 0.684. The Morgan fingerprint density at radius 1 is 1.17 bits per heavy atom. The van der Waals surface area contributed by atoms with Crippen molar-refractivity contribution in [3.63, 3.8) is 0 Å². The number of carbonyl (C=O) groups excluding carboxylic acids is 3. The summed E-state index contributed by atoms with van der Waals surface area (Å²) in [6.07, 6.45) is 2.43. The monoisotopic (exact) mass is 461 g/mol. The first kappa shape index (κ1) is 21.0. The number of rotatable bonds is 7. The van der Waals surface area contributed by atoms with Crippen molar-refractivity contribution in [3.05, 3.63) is 68.7 Å². The van der Waals surface area contributed by atoms with E-state index in [1.54, 1.807) is 17.4 Å². The fourth-order valence-corrected chi connectivity index (χ4v) is 5.46. The van der Waals surface area contributed by atoms with Crippen molar-refractivity contribution >= 4 is 52.5 Å². The van der Waals surface area contributed by atoms with Crippen LogP contribution in [0.25, 0.3) is 0 Å². The molecule has 2 unspecified atom stereocenters. The molecule has 3 heterocycles. The van der Waals surface area contributed by atoms with Gasteiger partial charge in [0.15, 0.2) is 0 Å². The molecule has 0 spiro atoms. The van der Waals surface area contributed by atoms with Crippen molar-refractivity contribution in [2.24, 2.45) is 0 Å². The molecule has 0 bridgehead atoms. The highest BCUT2D eigenvalue weighted by atomic mass is 35.5. The van der Waals surface area contributed by atoms with Gasteiger partial charge in [-0.15, -0.1) is 23.1 Å². The fraction of sp³-hybridized carbons (Fsp3) is 0.286. The van der Waals surface area contributed by atoms with Crippen LogP contribution in [0.1, 0.15) is 10.4 Å². The van der Waals surface area contributed by atoms with Crippen molar-refractivity contribution in [1.29, 1.82) is 0 Å². The van der Waals surface area contributed by atoms with E-state index in [1.165, 1.54) is 21.6 Å². The molecule has 156 valence electrons. The highest BCUT2D eigenvalue weighted by Gasteiger charge is 2.47. The number of thiophene rings is 1. The topological polar surface area (TPSA) is 69.7 Å². The maximum absolute atomic E-state index is 13.1. The number of carbonyl (C=O) groups is 3. The highest BCUT2D eigenvalue weighted by Crippen LogP contribution is 2.34. The van der Waals surface area contributed by atoms with Gasteiger partial charge in [0.2, 0.25) is 11.8 Å². The standard InChI is InChI=1S/C21H20ClN3O3S2/c22-16-6-2-1-4-14(16)12-23-18(26)13-25-17-8-11-30-19(17)20(27)24(21(25)28)9-7-15-5-3-10-29-15/h1-6,8,10-11,17,19H,7,9,12-13H2,(H,23,26). The molecule has 1 aromatic heterocycles. The molecule has 1 fully saturated rings. The molecule has 0 saturated carbocycles. The van der Waals surface area contributed by atoms with E-state index >= 15 is 0 Å². The molecule has 30 heavy (non-hydrogen) atoms. The third-order valence-electron chi connectivity index (χ3n) is 5.07. The Hall–Kier alpha value is -2.29. The number of urea groups is 1. The van der Waals surface area contributed by atoms with E-state index in [1.807, 2.05) is 47.2 Å². The molecule has 4 amide bonds. The minimum absolute atomic E-state index is 0.113. The van der Waals surface area contributed by atoms with Crippen molar-refractivity contribution < 1.29 is 14.4 Å². The predicted octanol–water partition coefficient (Wildman–Crippen LogP) is 3.52. The maximum Gasteiger partial charge on any atom is 0.327 e. The summed E-state index contributed by atoms with van der Waals surface area (Å²) < 4.78 is 0.